The summed E-state index contributed by atoms with van der Waals surface area (Å²) in [6.45, 7) is 2.32. The van der Waals surface area contributed by atoms with E-state index in [2.05, 4.69) is 31.2 Å². The third-order valence-electron chi connectivity index (χ3n) is 6.90. The molecule has 0 bridgehead atoms. The van der Waals surface area contributed by atoms with Gasteiger partial charge in [-0.05, 0) is 38.5 Å². The van der Waals surface area contributed by atoms with Crippen molar-refractivity contribution in [3.8, 4) is 0 Å². The van der Waals surface area contributed by atoms with Crippen LogP contribution >= 0.6 is 0 Å². The lowest BCUT2D eigenvalue weighted by Crippen LogP contribution is -2.59. The highest BCUT2D eigenvalue weighted by Gasteiger charge is 2.44. The molecule has 0 aliphatic carbocycles. The van der Waals surface area contributed by atoms with Gasteiger partial charge in [-0.1, -0.05) is 76.2 Å². The van der Waals surface area contributed by atoms with Crippen molar-refractivity contribution in [2.24, 2.45) is 0 Å². The summed E-state index contributed by atoms with van der Waals surface area (Å²) in [7, 11) is 0. The molecule has 0 amide bonds. The van der Waals surface area contributed by atoms with Gasteiger partial charge in [0.1, 0.15) is 31.0 Å². The molecule has 0 aromatic rings. The topological polar surface area (TPSA) is 152 Å². The molecule has 1 heterocycles. The van der Waals surface area contributed by atoms with Crippen LogP contribution in [0.15, 0.2) is 24.3 Å². The molecular formula is C31H54O10. The van der Waals surface area contributed by atoms with E-state index >= 15 is 0 Å². The van der Waals surface area contributed by atoms with Crippen LogP contribution in [0.5, 0.6) is 0 Å². The first-order valence-corrected chi connectivity index (χ1v) is 15.3. The van der Waals surface area contributed by atoms with E-state index in [1.54, 1.807) is 0 Å². The van der Waals surface area contributed by atoms with Crippen LogP contribution in [-0.4, -0.2) is 89.0 Å². The largest absolute Gasteiger partial charge is 0.462 e. The first kappa shape index (κ1) is 37.2. The van der Waals surface area contributed by atoms with Crippen LogP contribution in [0.2, 0.25) is 0 Å². The molecule has 4 N–H and O–H groups in total. The number of allylic oxidation sites excluding steroid dienone is 4. The van der Waals surface area contributed by atoms with Gasteiger partial charge in [-0.2, -0.15) is 0 Å². The molecule has 6 atom stereocenters. The minimum absolute atomic E-state index is 0.217. The lowest BCUT2D eigenvalue weighted by Gasteiger charge is -2.39. The molecule has 1 rings (SSSR count). The van der Waals surface area contributed by atoms with Crippen LogP contribution in [0.1, 0.15) is 104 Å². The van der Waals surface area contributed by atoms with E-state index < -0.39 is 55.4 Å². The first-order chi connectivity index (χ1) is 19.8. The number of carbonyl (C=O) groups is 2. The molecule has 0 saturated carbocycles. The average Bonchev–Trinajstić information content (AvgIpc) is 2.95. The Morgan fingerprint density at radius 1 is 0.805 bits per heavy atom. The van der Waals surface area contributed by atoms with Gasteiger partial charge in [0.25, 0.3) is 0 Å². The minimum atomic E-state index is -1.59. The van der Waals surface area contributed by atoms with Gasteiger partial charge in [-0.3, -0.25) is 9.59 Å². The van der Waals surface area contributed by atoms with E-state index in [-0.39, 0.29) is 19.6 Å². The van der Waals surface area contributed by atoms with E-state index in [1.165, 1.54) is 51.9 Å². The molecule has 10 heteroatoms. The molecule has 1 aliphatic rings. The molecule has 1 aliphatic heterocycles. The number of hydrogen-bond donors (Lipinski definition) is 4. The molecule has 6 unspecified atom stereocenters. The van der Waals surface area contributed by atoms with E-state index in [9.17, 15) is 30.0 Å². The van der Waals surface area contributed by atoms with Gasteiger partial charge < -0.3 is 39.4 Å². The van der Waals surface area contributed by atoms with Crippen molar-refractivity contribution in [1.82, 2.24) is 0 Å². The summed E-state index contributed by atoms with van der Waals surface area (Å²) in [5.41, 5.74) is 0. The quantitative estimate of drug-likeness (QED) is 0.0789. The lowest BCUT2D eigenvalue weighted by molar-refractivity contribution is -0.305. The van der Waals surface area contributed by atoms with E-state index in [0.29, 0.717) is 6.42 Å². The van der Waals surface area contributed by atoms with Gasteiger partial charge in [-0.15, -0.1) is 0 Å². The van der Waals surface area contributed by atoms with Gasteiger partial charge in [0.05, 0.1) is 13.2 Å². The zero-order valence-electron chi connectivity index (χ0n) is 25.0. The van der Waals surface area contributed by atoms with Crippen molar-refractivity contribution in [1.29, 1.82) is 0 Å². The molecule has 1 fully saturated rings. The van der Waals surface area contributed by atoms with Gasteiger partial charge in [0, 0.05) is 13.3 Å². The predicted molar refractivity (Wildman–Crippen MR) is 155 cm³/mol. The van der Waals surface area contributed by atoms with Gasteiger partial charge in [0.2, 0.25) is 0 Å². The molecule has 0 radical (unpaired) electrons. The Kier molecular flexibility index (Phi) is 21.5. The Bertz CT molecular complexity index is 738. The highest BCUT2D eigenvalue weighted by molar-refractivity contribution is 5.69. The summed E-state index contributed by atoms with van der Waals surface area (Å²) in [5.74, 6) is -1.01. The summed E-state index contributed by atoms with van der Waals surface area (Å²) in [4.78, 5) is 23.6. The SMILES string of the molecule is CCCCC/C=C\C/C=C\CCCCCCCCCC(=O)OC(COC(C)=O)COC1OC(CO)C(O)C(O)C1O. The van der Waals surface area contributed by atoms with E-state index in [1.807, 2.05) is 0 Å². The normalized spacial score (nSPS) is 23.7. The van der Waals surface area contributed by atoms with Crippen LogP contribution < -0.4 is 0 Å². The first-order valence-electron chi connectivity index (χ1n) is 15.3. The Morgan fingerprint density at radius 3 is 2.02 bits per heavy atom. The maximum absolute atomic E-state index is 12.4. The minimum Gasteiger partial charge on any atom is -0.462 e. The number of carbonyl (C=O) groups excluding carboxylic acids is 2. The van der Waals surface area contributed by atoms with Gasteiger partial charge in [0.15, 0.2) is 12.4 Å². The second kappa shape index (κ2) is 23.7. The Labute approximate surface area is 245 Å². The summed E-state index contributed by atoms with van der Waals surface area (Å²) >= 11 is 0. The van der Waals surface area contributed by atoms with Gasteiger partial charge in [-0.25, -0.2) is 0 Å². The summed E-state index contributed by atoms with van der Waals surface area (Å²) < 4.78 is 21.1. The van der Waals surface area contributed by atoms with E-state index in [4.69, 9.17) is 18.9 Å². The maximum atomic E-state index is 12.4. The van der Waals surface area contributed by atoms with Crippen LogP contribution in [0, 0.1) is 0 Å². The fraction of sp³-hybridized carbons (Fsp3) is 0.806. The molecule has 238 valence electrons. The van der Waals surface area contributed by atoms with Crippen LogP contribution in [-0.2, 0) is 28.5 Å². The van der Waals surface area contributed by atoms with Crippen LogP contribution in [0.3, 0.4) is 0 Å². The van der Waals surface area contributed by atoms with Crippen LogP contribution in [0.25, 0.3) is 0 Å². The maximum Gasteiger partial charge on any atom is 0.306 e. The number of rotatable bonds is 23. The van der Waals surface area contributed by atoms with Crippen molar-refractivity contribution < 1.29 is 49.0 Å². The van der Waals surface area contributed by atoms with Crippen LogP contribution in [0.4, 0.5) is 0 Å². The van der Waals surface area contributed by atoms with Crippen molar-refractivity contribution in [3.05, 3.63) is 24.3 Å². The highest BCUT2D eigenvalue weighted by atomic mass is 16.7. The number of aliphatic hydroxyl groups is 4. The molecule has 0 spiro atoms. The van der Waals surface area contributed by atoms with Crippen molar-refractivity contribution in [2.75, 3.05) is 19.8 Å². The Morgan fingerprint density at radius 2 is 1.41 bits per heavy atom. The zero-order valence-corrected chi connectivity index (χ0v) is 25.0. The monoisotopic (exact) mass is 586 g/mol. The smallest absolute Gasteiger partial charge is 0.306 e. The number of esters is 2. The third-order valence-corrected chi connectivity index (χ3v) is 6.90. The molecular weight excluding hydrogens is 532 g/mol. The number of ether oxygens (including phenoxy) is 4. The number of aliphatic hydroxyl groups excluding tert-OH is 4. The number of unbranched alkanes of at least 4 members (excludes halogenated alkanes) is 10. The molecule has 0 aromatic carbocycles. The summed E-state index contributed by atoms with van der Waals surface area (Å²) in [6.07, 6.45) is 15.6. The Hall–Kier alpha value is -1.82. The van der Waals surface area contributed by atoms with E-state index in [0.717, 1.165) is 32.1 Å². The fourth-order valence-electron chi connectivity index (χ4n) is 4.41. The third kappa shape index (κ3) is 17.7. The molecule has 10 nitrogen and oxygen atoms in total. The molecule has 41 heavy (non-hydrogen) atoms. The summed E-state index contributed by atoms with van der Waals surface area (Å²) in [6, 6.07) is 0. The standard InChI is InChI=1S/C31H54O10/c1-3-4-5-6-7-8-9-10-11-12-13-14-15-16-17-18-19-20-27(34)40-25(22-38-24(2)33)23-39-31-30(37)29(36)28(35)26(21-32)41-31/h7-8,10-11,25-26,28-32,35-37H,3-6,9,12-23H2,1-2H3/b8-7-,11-10-. The summed E-state index contributed by atoms with van der Waals surface area (Å²) in [5, 5.41) is 39.2. The number of hydrogen-bond acceptors (Lipinski definition) is 10. The second-order valence-corrected chi connectivity index (χ2v) is 10.6. The second-order valence-electron chi connectivity index (χ2n) is 10.6. The van der Waals surface area contributed by atoms with Crippen molar-refractivity contribution in [3.63, 3.8) is 0 Å². The van der Waals surface area contributed by atoms with Gasteiger partial charge >= 0.3 is 11.9 Å². The van der Waals surface area contributed by atoms with Crippen molar-refractivity contribution in [2.45, 2.75) is 141 Å². The zero-order chi connectivity index (χ0) is 30.3. The molecule has 1 saturated heterocycles. The fourth-order valence-corrected chi connectivity index (χ4v) is 4.41. The van der Waals surface area contributed by atoms with Crippen molar-refractivity contribution >= 4 is 11.9 Å². The lowest BCUT2D eigenvalue weighted by atomic mass is 9.99. The highest BCUT2D eigenvalue weighted by Crippen LogP contribution is 2.22. The molecule has 0 aromatic heterocycles. The predicted octanol–water partition coefficient (Wildman–Crippen LogP) is 3.87. The Balaban J connectivity index is 2.19. The average molecular weight is 587 g/mol.